The highest BCUT2D eigenvalue weighted by molar-refractivity contribution is 5.85. The Labute approximate surface area is 100 Å². The van der Waals surface area contributed by atoms with Gasteiger partial charge in [-0.15, -0.1) is 19.0 Å². The maximum Gasteiger partial charge on any atom is 0.200 e. The molecule has 0 spiro atoms. The summed E-state index contributed by atoms with van der Waals surface area (Å²) < 4.78 is 0. The van der Waals surface area contributed by atoms with Gasteiger partial charge in [0, 0.05) is 11.6 Å². The number of benzene rings is 1. The summed E-state index contributed by atoms with van der Waals surface area (Å²) in [4.78, 5) is 0. The summed E-state index contributed by atoms with van der Waals surface area (Å²) in [7, 11) is 0. The Morgan fingerprint density at radius 2 is 1.88 bits per heavy atom. The van der Waals surface area contributed by atoms with Crippen LogP contribution in [0, 0.1) is 0 Å². The van der Waals surface area contributed by atoms with Crippen molar-refractivity contribution in [3.8, 4) is 17.2 Å². The SMILES string of the molecule is C=C(C)C[C@H](N)c1ccc(O)c(O)c1O.Cl. The minimum absolute atomic E-state index is 0. The Bertz CT molecular complexity index is 393. The summed E-state index contributed by atoms with van der Waals surface area (Å²) in [5.41, 5.74) is 7.08. The number of hydrogen-bond donors (Lipinski definition) is 4. The van der Waals surface area contributed by atoms with Crippen LogP contribution >= 0.6 is 12.4 Å². The second kappa shape index (κ2) is 5.63. The van der Waals surface area contributed by atoms with Gasteiger partial charge in [-0.25, -0.2) is 0 Å². The van der Waals surface area contributed by atoms with E-state index in [4.69, 9.17) is 10.8 Å². The summed E-state index contributed by atoms with van der Waals surface area (Å²) in [5, 5.41) is 28.0. The molecular formula is C11H16ClNO3. The molecule has 90 valence electrons. The molecule has 5 heteroatoms. The maximum absolute atomic E-state index is 9.54. The molecule has 1 aromatic rings. The molecule has 0 aromatic heterocycles. The van der Waals surface area contributed by atoms with Crippen molar-refractivity contribution in [2.45, 2.75) is 19.4 Å². The summed E-state index contributed by atoms with van der Waals surface area (Å²) in [6.07, 6.45) is 0.512. The van der Waals surface area contributed by atoms with E-state index in [-0.39, 0.29) is 23.9 Å². The van der Waals surface area contributed by atoms with Crippen LogP contribution in [0.15, 0.2) is 24.3 Å². The number of nitrogens with two attached hydrogens (primary N) is 1. The number of halogens is 1. The normalized spacial score (nSPS) is 11.6. The predicted molar refractivity (Wildman–Crippen MR) is 65.0 cm³/mol. The van der Waals surface area contributed by atoms with Crippen LogP contribution < -0.4 is 5.73 Å². The van der Waals surface area contributed by atoms with E-state index in [2.05, 4.69) is 6.58 Å². The number of phenolic OH excluding ortho intramolecular Hbond substituents is 3. The summed E-state index contributed by atoms with van der Waals surface area (Å²) in [6.45, 7) is 5.55. The van der Waals surface area contributed by atoms with Gasteiger partial charge in [0.1, 0.15) is 0 Å². The highest BCUT2D eigenvalue weighted by atomic mass is 35.5. The third-order valence-corrected chi connectivity index (χ3v) is 2.13. The fourth-order valence-corrected chi connectivity index (χ4v) is 1.37. The van der Waals surface area contributed by atoms with E-state index in [9.17, 15) is 10.2 Å². The molecule has 0 unspecified atom stereocenters. The number of aromatic hydroxyl groups is 3. The third kappa shape index (κ3) is 3.05. The van der Waals surface area contributed by atoms with Gasteiger partial charge in [0.05, 0.1) is 0 Å². The van der Waals surface area contributed by atoms with Crippen molar-refractivity contribution < 1.29 is 15.3 Å². The molecule has 0 saturated heterocycles. The maximum atomic E-state index is 9.54. The fraction of sp³-hybridized carbons (Fsp3) is 0.273. The molecule has 0 aliphatic heterocycles. The standard InChI is InChI=1S/C11H15NO3.ClH/c1-6(2)5-8(12)7-3-4-9(13)11(15)10(7)14;/h3-4,8,13-15H,1,5,12H2,2H3;1H/t8-;/m0./s1. The molecule has 0 aliphatic carbocycles. The first kappa shape index (κ1) is 14.6. The van der Waals surface area contributed by atoms with Crippen molar-refractivity contribution in [2.24, 2.45) is 5.73 Å². The van der Waals surface area contributed by atoms with Crippen molar-refractivity contribution in [1.82, 2.24) is 0 Å². The molecule has 5 N–H and O–H groups in total. The van der Waals surface area contributed by atoms with E-state index in [1.54, 1.807) is 0 Å². The average molecular weight is 246 g/mol. The van der Waals surface area contributed by atoms with E-state index in [0.29, 0.717) is 12.0 Å². The van der Waals surface area contributed by atoms with E-state index >= 15 is 0 Å². The van der Waals surface area contributed by atoms with Gasteiger partial charge in [-0.3, -0.25) is 0 Å². The predicted octanol–water partition coefficient (Wildman–Crippen LogP) is 2.19. The summed E-state index contributed by atoms with van der Waals surface area (Å²) >= 11 is 0. The lowest BCUT2D eigenvalue weighted by atomic mass is 10.00. The lowest BCUT2D eigenvalue weighted by molar-refractivity contribution is 0.363. The molecule has 0 fully saturated rings. The number of hydrogen-bond acceptors (Lipinski definition) is 4. The molecular weight excluding hydrogens is 230 g/mol. The zero-order valence-corrected chi connectivity index (χ0v) is 9.79. The molecule has 0 amide bonds. The highest BCUT2D eigenvalue weighted by Crippen LogP contribution is 2.40. The molecule has 16 heavy (non-hydrogen) atoms. The van der Waals surface area contributed by atoms with Crippen LogP contribution in [0.5, 0.6) is 17.2 Å². The Kier molecular flexibility index (Phi) is 5.14. The third-order valence-electron chi connectivity index (χ3n) is 2.13. The van der Waals surface area contributed by atoms with Gasteiger partial charge in [-0.2, -0.15) is 0 Å². The van der Waals surface area contributed by atoms with Crippen LogP contribution in [-0.4, -0.2) is 15.3 Å². The topological polar surface area (TPSA) is 86.7 Å². The molecule has 0 heterocycles. The Hall–Kier alpha value is -1.39. The summed E-state index contributed by atoms with van der Waals surface area (Å²) in [6, 6.07) is 2.34. The number of phenols is 3. The van der Waals surface area contributed by atoms with Crippen molar-refractivity contribution in [2.75, 3.05) is 0 Å². The minimum Gasteiger partial charge on any atom is -0.504 e. The largest absolute Gasteiger partial charge is 0.504 e. The zero-order valence-electron chi connectivity index (χ0n) is 8.97. The minimum atomic E-state index is -0.537. The molecule has 0 saturated carbocycles. The Balaban J connectivity index is 0.00000225. The second-order valence-electron chi connectivity index (χ2n) is 3.64. The van der Waals surface area contributed by atoms with Crippen LogP contribution in [0.4, 0.5) is 0 Å². The van der Waals surface area contributed by atoms with Gasteiger partial charge in [-0.05, 0) is 25.5 Å². The average Bonchev–Trinajstić information content (AvgIpc) is 2.13. The van der Waals surface area contributed by atoms with Gasteiger partial charge in [-0.1, -0.05) is 5.57 Å². The quantitative estimate of drug-likeness (QED) is 0.486. The smallest absolute Gasteiger partial charge is 0.200 e. The van der Waals surface area contributed by atoms with Crippen LogP contribution in [-0.2, 0) is 0 Å². The molecule has 1 rings (SSSR count). The first-order valence-corrected chi connectivity index (χ1v) is 4.57. The Morgan fingerprint density at radius 1 is 1.31 bits per heavy atom. The van der Waals surface area contributed by atoms with Crippen LogP contribution in [0.25, 0.3) is 0 Å². The molecule has 0 radical (unpaired) electrons. The van der Waals surface area contributed by atoms with Crippen molar-refractivity contribution in [1.29, 1.82) is 0 Å². The highest BCUT2D eigenvalue weighted by Gasteiger charge is 2.16. The molecule has 0 bridgehead atoms. The second-order valence-corrected chi connectivity index (χ2v) is 3.64. The first-order valence-electron chi connectivity index (χ1n) is 4.57. The monoisotopic (exact) mass is 245 g/mol. The Morgan fingerprint density at radius 3 is 2.38 bits per heavy atom. The zero-order chi connectivity index (χ0) is 11.6. The van der Waals surface area contributed by atoms with Gasteiger partial charge in [0.25, 0.3) is 0 Å². The molecule has 0 aliphatic rings. The van der Waals surface area contributed by atoms with Crippen molar-refractivity contribution in [3.63, 3.8) is 0 Å². The van der Waals surface area contributed by atoms with Crippen LogP contribution in [0.3, 0.4) is 0 Å². The van der Waals surface area contributed by atoms with E-state index in [1.165, 1.54) is 12.1 Å². The van der Waals surface area contributed by atoms with Gasteiger partial charge < -0.3 is 21.1 Å². The number of rotatable bonds is 3. The summed E-state index contributed by atoms with van der Waals surface area (Å²) in [5.74, 6) is -1.27. The van der Waals surface area contributed by atoms with Gasteiger partial charge in [0.15, 0.2) is 11.5 Å². The fourth-order valence-electron chi connectivity index (χ4n) is 1.37. The van der Waals surface area contributed by atoms with Crippen molar-refractivity contribution in [3.05, 3.63) is 29.8 Å². The first-order chi connectivity index (χ1) is 6.93. The molecule has 1 atom stereocenters. The van der Waals surface area contributed by atoms with Gasteiger partial charge in [0.2, 0.25) is 5.75 Å². The van der Waals surface area contributed by atoms with E-state index < -0.39 is 11.8 Å². The van der Waals surface area contributed by atoms with Gasteiger partial charge >= 0.3 is 0 Å². The molecule has 1 aromatic carbocycles. The molecule has 4 nitrogen and oxygen atoms in total. The van der Waals surface area contributed by atoms with Crippen LogP contribution in [0.1, 0.15) is 24.9 Å². The lowest BCUT2D eigenvalue weighted by Crippen LogP contribution is -2.10. The van der Waals surface area contributed by atoms with E-state index in [1.807, 2.05) is 6.92 Å². The lowest BCUT2D eigenvalue weighted by Gasteiger charge is -2.14. The van der Waals surface area contributed by atoms with E-state index in [0.717, 1.165) is 5.57 Å². The van der Waals surface area contributed by atoms with Crippen LogP contribution in [0.2, 0.25) is 0 Å². The van der Waals surface area contributed by atoms with Crippen molar-refractivity contribution >= 4 is 12.4 Å².